The first-order valence-electron chi connectivity index (χ1n) is 5.70. The van der Waals surface area contributed by atoms with Gasteiger partial charge < -0.3 is 10.5 Å². The Labute approximate surface area is 92.4 Å². The van der Waals surface area contributed by atoms with Gasteiger partial charge in [-0.15, -0.1) is 0 Å². The first kappa shape index (κ1) is 12.1. The molecular weight excluding hydrogens is 186 g/mol. The molecule has 0 bridgehead atoms. The second-order valence-corrected chi connectivity index (χ2v) is 3.88. The minimum atomic E-state index is 0.0237. The predicted octanol–water partition coefficient (Wildman–Crippen LogP) is 3.27. The summed E-state index contributed by atoms with van der Waals surface area (Å²) in [6, 6.07) is 8.04. The van der Waals surface area contributed by atoms with Crippen molar-refractivity contribution in [3.8, 4) is 5.75 Å². The van der Waals surface area contributed by atoms with E-state index in [1.165, 1.54) is 0 Å². The number of nitrogens with two attached hydrogens (primary N) is 1. The third-order valence-corrected chi connectivity index (χ3v) is 2.61. The lowest BCUT2D eigenvalue weighted by Crippen LogP contribution is -2.16. The van der Waals surface area contributed by atoms with Crippen LogP contribution in [-0.4, -0.2) is 6.10 Å². The molecule has 2 N–H and O–H groups in total. The van der Waals surface area contributed by atoms with Gasteiger partial charge in [-0.1, -0.05) is 32.0 Å². The maximum atomic E-state index is 5.93. The molecule has 0 saturated heterocycles. The van der Waals surface area contributed by atoms with Gasteiger partial charge in [0.25, 0.3) is 0 Å². The zero-order valence-electron chi connectivity index (χ0n) is 9.86. The molecule has 0 fully saturated rings. The highest BCUT2D eigenvalue weighted by molar-refractivity contribution is 5.35. The van der Waals surface area contributed by atoms with E-state index in [9.17, 15) is 0 Å². The molecule has 1 aromatic rings. The molecule has 0 unspecified atom stereocenters. The normalized spacial score (nSPS) is 12.9. The quantitative estimate of drug-likeness (QED) is 0.804. The Morgan fingerprint density at radius 2 is 1.80 bits per heavy atom. The number of para-hydroxylation sites is 1. The Balaban J connectivity index is 2.83. The van der Waals surface area contributed by atoms with E-state index in [-0.39, 0.29) is 6.04 Å². The van der Waals surface area contributed by atoms with E-state index >= 15 is 0 Å². The summed E-state index contributed by atoms with van der Waals surface area (Å²) < 4.78 is 5.93. The molecule has 1 atom stereocenters. The second-order valence-electron chi connectivity index (χ2n) is 3.88. The van der Waals surface area contributed by atoms with Crippen LogP contribution in [0.4, 0.5) is 0 Å². The average molecular weight is 207 g/mol. The maximum Gasteiger partial charge on any atom is 0.124 e. The highest BCUT2D eigenvalue weighted by Gasteiger charge is 2.10. The minimum Gasteiger partial charge on any atom is -0.490 e. The van der Waals surface area contributed by atoms with E-state index in [0.717, 1.165) is 24.2 Å². The Hall–Kier alpha value is -1.02. The Kier molecular flexibility index (Phi) is 4.63. The molecule has 0 aliphatic rings. The molecule has 0 aromatic heterocycles. The van der Waals surface area contributed by atoms with Gasteiger partial charge in [0.1, 0.15) is 5.75 Å². The van der Waals surface area contributed by atoms with Crippen molar-refractivity contribution in [3.05, 3.63) is 29.8 Å². The number of hydrogen-bond donors (Lipinski definition) is 1. The second kappa shape index (κ2) is 5.76. The van der Waals surface area contributed by atoms with Crippen molar-refractivity contribution in [1.29, 1.82) is 0 Å². The van der Waals surface area contributed by atoms with Crippen molar-refractivity contribution in [2.24, 2.45) is 5.73 Å². The third kappa shape index (κ3) is 3.24. The molecule has 2 heteroatoms. The van der Waals surface area contributed by atoms with E-state index in [1.54, 1.807) is 0 Å². The van der Waals surface area contributed by atoms with Crippen molar-refractivity contribution in [3.63, 3.8) is 0 Å². The van der Waals surface area contributed by atoms with Gasteiger partial charge in [-0.2, -0.15) is 0 Å². The highest BCUT2D eigenvalue weighted by atomic mass is 16.5. The largest absolute Gasteiger partial charge is 0.490 e. The van der Waals surface area contributed by atoms with Crippen molar-refractivity contribution >= 4 is 0 Å². The molecule has 0 aliphatic carbocycles. The topological polar surface area (TPSA) is 35.2 Å². The van der Waals surface area contributed by atoms with Gasteiger partial charge in [0.2, 0.25) is 0 Å². The van der Waals surface area contributed by atoms with Gasteiger partial charge in [-0.25, -0.2) is 0 Å². The van der Waals surface area contributed by atoms with Crippen LogP contribution in [0.5, 0.6) is 5.75 Å². The standard InChI is InChI=1S/C13H21NO/c1-4-11(5-2)15-13-9-7-6-8-12(13)10(3)14/h6-11H,4-5,14H2,1-3H3/t10-/m0/s1. The lowest BCUT2D eigenvalue weighted by Gasteiger charge is -2.19. The van der Waals surface area contributed by atoms with E-state index in [0.29, 0.717) is 6.10 Å². The molecule has 1 rings (SSSR count). The fourth-order valence-corrected chi connectivity index (χ4v) is 1.60. The molecule has 1 aromatic carbocycles. The Morgan fingerprint density at radius 3 is 2.33 bits per heavy atom. The van der Waals surface area contributed by atoms with Crippen molar-refractivity contribution in [2.75, 3.05) is 0 Å². The van der Waals surface area contributed by atoms with Gasteiger partial charge in [-0.3, -0.25) is 0 Å². The van der Waals surface area contributed by atoms with Crippen LogP contribution < -0.4 is 10.5 Å². The van der Waals surface area contributed by atoms with Crippen molar-refractivity contribution in [1.82, 2.24) is 0 Å². The van der Waals surface area contributed by atoms with Crippen LogP contribution in [0.1, 0.15) is 45.2 Å². The summed E-state index contributed by atoms with van der Waals surface area (Å²) >= 11 is 0. The predicted molar refractivity (Wildman–Crippen MR) is 64.0 cm³/mol. The van der Waals surface area contributed by atoms with E-state index in [2.05, 4.69) is 13.8 Å². The summed E-state index contributed by atoms with van der Waals surface area (Å²) in [5.74, 6) is 0.932. The maximum absolute atomic E-state index is 5.93. The van der Waals surface area contributed by atoms with Crippen LogP contribution in [0.25, 0.3) is 0 Å². The number of benzene rings is 1. The van der Waals surface area contributed by atoms with Gasteiger partial charge >= 0.3 is 0 Å². The lowest BCUT2D eigenvalue weighted by atomic mass is 10.1. The highest BCUT2D eigenvalue weighted by Crippen LogP contribution is 2.25. The molecule has 15 heavy (non-hydrogen) atoms. The Bertz CT molecular complexity index is 292. The van der Waals surface area contributed by atoms with Crippen molar-refractivity contribution in [2.45, 2.75) is 45.8 Å². The fraction of sp³-hybridized carbons (Fsp3) is 0.538. The van der Waals surface area contributed by atoms with Gasteiger partial charge in [0, 0.05) is 11.6 Å². The molecule has 0 saturated carbocycles. The van der Waals surface area contributed by atoms with Gasteiger partial charge in [-0.05, 0) is 25.8 Å². The van der Waals surface area contributed by atoms with E-state index in [1.807, 2.05) is 31.2 Å². The minimum absolute atomic E-state index is 0.0237. The van der Waals surface area contributed by atoms with Crippen LogP contribution in [0.3, 0.4) is 0 Å². The zero-order chi connectivity index (χ0) is 11.3. The van der Waals surface area contributed by atoms with Crippen LogP contribution in [0, 0.1) is 0 Å². The lowest BCUT2D eigenvalue weighted by molar-refractivity contribution is 0.190. The molecule has 0 spiro atoms. The van der Waals surface area contributed by atoms with Crippen LogP contribution >= 0.6 is 0 Å². The Morgan fingerprint density at radius 1 is 1.20 bits per heavy atom. The number of rotatable bonds is 5. The zero-order valence-corrected chi connectivity index (χ0v) is 9.86. The summed E-state index contributed by atoms with van der Waals surface area (Å²) in [5.41, 5.74) is 6.98. The molecule has 0 heterocycles. The number of ether oxygens (including phenoxy) is 1. The van der Waals surface area contributed by atoms with E-state index < -0.39 is 0 Å². The summed E-state index contributed by atoms with van der Waals surface area (Å²) in [6.07, 6.45) is 2.36. The smallest absolute Gasteiger partial charge is 0.124 e. The monoisotopic (exact) mass is 207 g/mol. The first-order valence-corrected chi connectivity index (χ1v) is 5.70. The fourth-order valence-electron chi connectivity index (χ4n) is 1.60. The van der Waals surface area contributed by atoms with Crippen LogP contribution in [-0.2, 0) is 0 Å². The first-order chi connectivity index (χ1) is 7.19. The van der Waals surface area contributed by atoms with E-state index in [4.69, 9.17) is 10.5 Å². The summed E-state index contributed by atoms with van der Waals surface area (Å²) in [4.78, 5) is 0. The molecule has 0 radical (unpaired) electrons. The summed E-state index contributed by atoms with van der Waals surface area (Å²) in [6.45, 7) is 6.26. The summed E-state index contributed by atoms with van der Waals surface area (Å²) in [7, 11) is 0. The molecule has 84 valence electrons. The molecule has 0 amide bonds. The van der Waals surface area contributed by atoms with Crippen LogP contribution in [0.15, 0.2) is 24.3 Å². The number of hydrogen-bond acceptors (Lipinski definition) is 2. The van der Waals surface area contributed by atoms with Gasteiger partial charge in [0.15, 0.2) is 0 Å². The average Bonchev–Trinajstić information content (AvgIpc) is 2.26. The molecule has 2 nitrogen and oxygen atoms in total. The van der Waals surface area contributed by atoms with Gasteiger partial charge in [0.05, 0.1) is 6.10 Å². The third-order valence-electron chi connectivity index (χ3n) is 2.61. The van der Waals surface area contributed by atoms with Crippen molar-refractivity contribution < 1.29 is 4.74 Å². The molecular formula is C13H21NO. The summed E-state index contributed by atoms with van der Waals surface area (Å²) in [5, 5.41) is 0. The van der Waals surface area contributed by atoms with Crippen LogP contribution in [0.2, 0.25) is 0 Å². The molecule has 0 aliphatic heterocycles. The SMILES string of the molecule is CCC(CC)Oc1ccccc1[C@H](C)N.